The van der Waals surface area contributed by atoms with Crippen LogP contribution in [0.4, 0.5) is 18.9 Å². The van der Waals surface area contributed by atoms with Crippen molar-refractivity contribution in [3.05, 3.63) is 63.1 Å². The van der Waals surface area contributed by atoms with E-state index in [0.717, 1.165) is 12.1 Å². The molecule has 2 nitrogen and oxygen atoms in total. The Labute approximate surface area is 132 Å². The van der Waals surface area contributed by atoms with Gasteiger partial charge in [-0.25, -0.2) is 0 Å². The van der Waals surface area contributed by atoms with Crippen molar-refractivity contribution >= 4 is 39.1 Å². The minimum absolute atomic E-state index is 0.0864. The summed E-state index contributed by atoms with van der Waals surface area (Å²) in [6.45, 7) is 0. The fourth-order valence-corrected chi connectivity index (χ4v) is 2.17. The van der Waals surface area contributed by atoms with Gasteiger partial charge in [-0.05, 0) is 46.3 Å². The Morgan fingerprint density at radius 3 is 2.48 bits per heavy atom. The number of rotatable bonds is 2. The number of hydrogen-bond acceptors (Lipinski definition) is 1. The molecular formula is C14H8BrClF3NO. The van der Waals surface area contributed by atoms with Crippen LogP contribution >= 0.6 is 27.5 Å². The molecule has 0 atom stereocenters. The van der Waals surface area contributed by atoms with E-state index in [0.29, 0.717) is 15.2 Å². The van der Waals surface area contributed by atoms with Crippen LogP contribution in [0.5, 0.6) is 0 Å². The van der Waals surface area contributed by atoms with Crippen molar-refractivity contribution in [2.24, 2.45) is 0 Å². The Bertz CT molecular complexity index is 688. The van der Waals surface area contributed by atoms with Gasteiger partial charge in [-0.15, -0.1) is 0 Å². The lowest BCUT2D eigenvalue weighted by Crippen LogP contribution is -2.14. The van der Waals surface area contributed by atoms with Crippen molar-refractivity contribution < 1.29 is 18.0 Å². The molecule has 2 aromatic carbocycles. The van der Waals surface area contributed by atoms with Gasteiger partial charge in [0.25, 0.3) is 5.91 Å². The highest BCUT2D eigenvalue weighted by Crippen LogP contribution is 2.31. The van der Waals surface area contributed by atoms with E-state index < -0.39 is 17.6 Å². The summed E-state index contributed by atoms with van der Waals surface area (Å²) >= 11 is 9.08. The van der Waals surface area contributed by atoms with Gasteiger partial charge >= 0.3 is 6.18 Å². The normalized spacial score (nSPS) is 11.3. The lowest BCUT2D eigenvalue weighted by Gasteiger charge is -2.10. The largest absolute Gasteiger partial charge is 0.416 e. The van der Waals surface area contributed by atoms with Crippen LogP contribution < -0.4 is 5.32 Å². The van der Waals surface area contributed by atoms with Gasteiger partial charge in [0.05, 0.1) is 20.7 Å². The van der Waals surface area contributed by atoms with Crippen LogP contribution in [-0.4, -0.2) is 5.91 Å². The number of hydrogen-bond donors (Lipinski definition) is 1. The van der Waals surface area contributed by atoms with E-state index in [4.69, 9.17) is 11.6 Å². The number of alkyl halides is 3. The maximum absolute atomic E-state index is 12.6. The van der Waals surface area contributed by atoms with Crippen LogP contribution in [0.25, 0.3) is 0 Å². The standard InChI is InChI=1S/C14H8BrClF3NO/c15-12-10(16)5-2-6-11(12)20-13(21)8-3-1-4-9(7-8)14(17,18)19/h1-7H,(H,20,21). The molecule has 0 saturated carbocycles. The fourth-order valence-electron chi connectivity index (χ4n) is 1.63. The van der Waals surface area contributed by atoms with Crippen molar-refractivity contribution in [1.29, 1.82) is 0 Å². The lowest BCUT2D eigenvalue weighted by atomic mass is 10.1. The summed E-state index contributed by atoms with van der Waals surface area (Å²) in [6.07, 6.45) is -4.49. The first-order valence-electron chi connectivity index (χ1n) is 5.71. The van der Waals surface area contributed by atoms with E-state index in [-0.39, 0.29) is 5.56 Å². The molecule has 0 aromatic heterocycles. The van der Waals surface area contributed by atoms with E-state index >= 15 is 0 Å². The van der Waals surface area contributed by atoms with Gasteiger partial charge in [0.1, 0.15) is 0 Å². The number of carbonyl (C=O) groups is 1. The average molecular weight is 379 g/mol. The summed E-state index contributed by atoms with van der Waals surface area (Å²) in [5.41, 5.74) is -0.582. The van der Waals surface area contributed by atoms with Gasteiger partial charge in [-0.3, -0.25) is 4.79 Å². The van der Waals surface area contributed by atoms with Crippen LogP contribution in [0.1, 0.15) is 15.9 Å². The topological polar surface area (TPSA) is 29.1 Å². The molecule has 0 fully saturated rings. The van der Waals surface area contributed by atoms with Gasteiger partial charge in [0.2, 0.25) is 0 Å². The maximum Gasteiger partial charge on any atom is 0.416 e. The molecular weight excluding hydrogens is 371 g/mol. The number of carbonyl (C=O) groups excluding carboxylic acids is 1. The summed E-state index contributed by atoms with van der Waals surface area (Å²) in [5.74, 6) is -0.649. The van der Waals surface area contributed by atoms with Crippen molar-refractivity contribution in [3.63, 3.8) is 0 Å². The SMILES string of the molecule is O=C(Nc1cccc(Cl)c1Br)c1cccc(C(F)(F)F)c1. The molecule has 0 aliphatic heterocycles. The molecule has 2 aromatic rings. The fraction of sp³-hybridized carbons (Fsp3) is 0.0714. The Morgan fingerprint density at radius 1 is 1.14 bits per heavy atom. The third-order valence-electron chi connectivity index (χ3n) is 2.65. The number of anilines is 1. The lowest BCUT2D eigenvalue weighted by molar-refractivity contribution is -0.137. The van der Waals surface area contributed by atoms with Gasteiger partial charge in [-0.1, -0.05) is 23.7 Å². The highest BCUT2D eigenvalue weighted by atomic mass is 79.9. The number of halogens is 5. The van der Waals surface area contributed by atoms with Crippen molar-refractivity contribution in [1.82, 2.24) is 0 Å². The summed E-state index contributed by atoms with van der Waals surface area (Å²) in [5, 5.41) is 2.89. The Morgan fingerprint density at radius 2 is 1.81 bits per heavy atom. The molecule has 0 radical (unpaired) electrons. The van der Waals surface area contributed by atoms with Gasteiger partial charge in [0, 0.05) is 5.56 Å². The third kappa shape index (κ3) is 3.77. The predicted octanol–water partition coefficient (Wildman–Crippen LogP) is 5.37. The van der Waals surface area contributed by atoms with Crippen molar-refractivity contribution in [2.45, 2.75) is 6.18 Å². The van der Waals surface area contributed by atoms with Crippen LogP contribution in [0.2, 0.25) is 5.02 Å². The maximum atomic E-state index is 12.6. The van der Waals surface area contributed by atoms with E-state index in [1.165, 1.54) is 12.1 Å². The molecule has 1 amide bonds. The van der Waals surface area contributed by atoms with Crippen molar-refractivity contribution in [2.75, 3.05) is 5.32 Å². The average Bonchev–Trinajstić information content (AvgIpc) is 2.43. The Balaban J connectivity index is 2.27. The Hall–Kier alpha value is -1.53. The monoisotopic (exact) mass is 377 g/mol. The quantitative estimate of drug-likeness (QED) is 0.747. The molecule has 7 heteroatoms. The second-order valence-corrected chi connectivity index (χ2v) is 5.33. The highest BCUT2D eigenvalue weighted by molar-refractivity contribution is 9.10. The minimum Gasteiger partial charge on any atom is -0.321 e. The van der Waals surface area contributed by atoms with Gasteiger partial charge in [-0.2, -0.15) is 13.2 Å². The predicted molar refractivity (Wildman–Crippen MR) is 78.5 cm³/mol. The molecule has 0 aliphatic rings. The molecule has 21 heavy (non-hydrogen) atoms. The first kappa shape index (κ1) is 15.9. The molecule has 0 heterocycles. The number of amides is 1. The Kier molecular flexibility index (Phi) is 4.58. The minimum atomic E-state index is -4.49. The molecule has 110 valence electrons. The first-order valence-corrected chi connectivity index (χ1v) is 6.89. The number of nitrogens with one attached hydrogen (secondary N) is 1. The molecule has 0 bridgehead atoms. The molecule has 0 aliphatic carbocycles. The summed E-state index contributed by atoms with van der Waals surface area (Å²) in [6, 6.07) is 9.02. The summed E-state index contributed by atoms with van der Waals surface area (Å²) < 4.78 is 38.3. The van der Waals surface area contributed by atoms with Crippen LogP contribution in [-0.2, 0) is 6.18 Å². The zero-order valence-electron chi connectivity index (χ0n) is 10.3. The van der Waals surface area contributed by atoms with E-state index in [2.05, 4.69) is 21.2 Å². The molecule has 1 N–H and O–H groups in total. The zero-order chi connectivity index (χ0) is 15.6. The van der Waals surface area contributed by atoms with Crippen LogP contribution in [0.3, 0.4) is 0 Å². The van der Waals surface area contributed by atoms with Crippen LogP contribution in [0, 0.1) is 0 Å². The number of benzene rings is 2. The third-order valence-corrected chi connectivity index (χ3v) is 4.05. The molecule has 2 rings (SSSR count). The molecule has 0 unspecified atom stereocenters. The summed E-state index contributed by atoms with van der Waals surface area (Å²) in [7, 11) is 0. The van der Waals surface area contributed by atoms with E-state index in [1.807, 2.05) is 0 Å². The van der Waals surface area contributed by atoms with Gasteiger partial charge in [0.15, 0.2) is 0 Å². The van der Waals surface area contributed by atoms with Gasteiger partial charge < -0.3 is 5.32 Å². The second kappa shape index (κ2) is 6.07. The molecule has 0 saturated heterocycles. The smallest absolute Gasteiger partial charge is 0.321 e. The van der Waals surface area contributed by atoms with Crippen LogP contribution in [0.15, 0.2) is 46.9 Å². The first-order chi connectivity index (χ1) is 9.79. The highest BCUT2D eigenvalue weighted by Gasteiger charge is 2.30. The second-order valence-electron chi connectivity index (χ2n) is 4.13. The molecule has 0 spiro atoms. The van der Waals surface area contributed by atoms with Crippen molar-refractivity contribution in [3.8, 4) is 0 Å². The zero-order valence-corrected chi connectivity index (χ0v) is 12.7. The van der Waals surface area contributed by atoms with E-state index in [9.17, 15) is 18.0 Å². The summed E-state index contributed by atoms with van der Waals surface area (Å²) in [4.78, 5) is 12.0. The van der Waals surface area contributed by atoms with E-state index in [1.54, 1.807) is 18.2 Å².